The smallest absolute Gasteiger partial charge is 0.321 e. The summed E-state index contributed by atoms with van der Waals surface area (Å²) in [6.07, 6.45) is 0.219. The van der Waals surface area contributed by atoms with Gasteiger partial charge >= 0.3 is 6.03 Å². The van der Waals surface area contributed by atoms with Crippen LogP contribution in [0.1, 0.15) is 31.1 Å². The van der Waals surface area contributed by atoms with Crippen molar-refractivity contribution in [3.63, 3.8) is 0 Å². The first-order valence-corrected chi connectivity index (χ1v) is 8.62. The lowest BCUT2D eigenvalue weighted by molar-refractivity contribution is 0.174. The summed E-state index contributed by atoms with van der Waals surface area (Å²) in [6.45, 7) is 4.77. The van der Waals surface area contributed by atoms with Gasteiger partial charge in [0.15, 0.2) is 0 Å². The van der Waals surface area contributed by atoms with E-state index in [1.165, 1.54) is 5.56 Å². The number of hydrogen-bond acceptors (Lipinski definition) is 3. The maximum atomic E-state index is 12.4. The number of aliphatic hydroxyl groups excluding tert-OH is 1. The molecule has 0 spiro atoms. The van der Waals surface area contributed by atoms with E-state index in [4.69, 9.17) is 4.74 Å². The largest absolute Gasteiger partial charge is 0.491 e. The van der Waals surface area contributed by atoms with E-state index in [2.05, 4.69) is 5.32 Å². The Balaban J connectivity index is 1.55. The van der Waals surface area contributed by atoms with Crippen LogP contribution in [-0.4, -0.2) is 30.3 Å². The molecule has 1 aliphatic heterocycles. The third-order valence-electron chi connectivity index (χ3n) is 4.22. The Hall–Kier alpha value is -2.53. The highest BCUT2D eigenvalue weighted by Gasteiger charge is 2.24. The van der Waals surface area contributed by atoms with Crippen molar-refractivity contribution >= 4 is 11.7 Å². The topological polar surface area (TPSA) is 61.8 Å². The van der Waals surface area contributed by atoms with E-state index in [0.29, 0.717) is 6.54 Å². The molecule has 0 radical (unpaired) electrons. The molecule has 1 aliphatic rings. The van der Waals surface area contributed by atoms with Crippen LogP contribution < -0.4 is 15.0 Å². The first-order chi connectivity index (χ1) is 12.0. The predicted octanol–water partition coefficient (Wildman–Crippen LogP) is 3.28. The Morgan fingerprint density at radius 3 is 2.64 bits per heavy atom. The predicted molar refractivity (Wildman–Crippen MR) is 98.1 cm³/mol. The number of carbonyl (C=O) groups is 1. The Labute approximate surface area is 148 Å². The van der Waals surface area contributed by atoms with Crippen LogP contribution in [0.4, 0.5) is 10.5 Å². The number of anilines is 1. The fourth-order valence-electron chi connectivity index (χ4n) is 2.99. The van der Waals surface area contributed by atoms with E-state index in [1.54, 1.807) is 4.90 Å². The molecule has 0 saturated carbocycles. The first-order valence-electron chi connectivity index (χ1n) is 8.62. The maximum absolute atomic E-state index is 12.4. The zero-order valence-electron chi connectivity index (χ0n) is 14.6. The maximum Gasteiger partial charge on any atom is 0.321 e. The zero-order valence-corrected chi connectivity index (χ0v) is 14.6. The van der Waals surface area contributed by atoms with E-state index >= 15 is 0 Å². The average Bonchev–Trinajstić information content (AvgIpc) is 3.03. The van der Waals surface area contributed by atoms with Crippen LogP contribution in [0.2, 0.25) is 0 Å². The van der Waals surface area contributed by atoms with Gasteiger partial charge in [0, 0.05) is 18.8 Å². The van der Waals surface area contributed by atoms with Crippen molar-refractivity contribution in [3.05, 3.63) is 59.7 Å². The minimum Gasteiger partial charge on any atom is -0.491 e. The molecular weight excluding hydrogens is 316 g/mol. The van der Waals surface area contributed by atoms with Crippen LogP contribution in [0.25, 0.3) is 0 Å². The van der Waals surface area contributed by atoms with Gasteiger partial charge in [-0.15, -0.1) is 0 Å². The molecule has 5 heteroatoms. The highest BCUT2D eigenvalue weighted by Crippen LogP contribution is 2.27. The molecular formula is C20H24N2O3. The second-order valence-corrected chi connectivity index (χ2v) is 6.47. The van der Waals surface area contributed by atoms with Crippen LogP contribution in [0.5, 0.6) is 5.75 Å². The van der Waals surface area contributed by atoms with Crippen molar-refractivity contribution in [3.8, 4) is 5.75 Å². The summed E-state index contributed by atoms with van der Waals surface area (Å²) in [5.41, 5.74) is 2.88. The molecule has 0 saturated heterocycles. The van der Waals surface area contributed by atoms with Gasteiger partial charge in [-0.05, 0) is 49.6 Å². The lowest BCUT2D eigenvalue weighted by Gasteiger charge is -2.20. The lowest BCUT2D eigenvalue weighted by atomic mass is 10.1. The summed E-state index contributed by atoms with van der Waals surface area (Å²) in [7, 11) is 0. The molecule has 1 atom stereocenters. The molecule has 25 heavy (non-hydrogen) atoms. The van der Waals surface area contributed by atoms with E-state index in [0.717, 1.165) is 23.4 Å². The number of benzene rings is 2. The average molecular weight is 340 g/mol. The molecule has 3 rings (SSSR count). The normalized spacial score (nSPS) is 14.3. The molecule has 2 aromatic rings. The van der Waals surface area contributed by atoms with Crippen LogP contribution in [0.3, 0.4) is 0 Å². The van der Waals surface area contributed by atoms with Crippen LogP contribution in [0.15, 0.2) is 48.5 Å². The van der Waals surface area contributed by atoms with E-state index < -0.39 is 6.10 Å². The van der Waals surface area contributed by atoms with Gasteiger partial charge in [0.05, 0.1) is 12.2 Å². The Bertz CT molecular complexity index is 728. The van der Waals surface area contributed by atoms with Gasteiger partial charge in [0.1, 0.15) is 5.75 Å². The number of nitrogens with zero attached hydrogens (tertiary/aromatic N) is 1. The summed E-state index contributed by atoms with van der Waals surface area (Å²) < 4.78 is 5.59. The fraction of sp³-hybridized carbons (Fsp3) is 0.350. The monoisotopic (exact) mass is 340 g/mol. The molecule has 2 N–H and O–H groups in total. The molecule has 0 aromatic heterocycles. The quantitative estimate of drug-likeness (QED) is 0.878. The minimum atomic E-state index is -0.755. The summed E-state index contributed by atoms with van der Waals surface area (Å²) >= 11 is 0. The molecule has 5 nitrogen and oxygen atoms in total. The van der Waals surface area contributed by atoms with E-state index in [-0.39, 0.29) is 18.7 Å². The lowest BCUT2D eigenvalue weighted by Crippen LogP contribution is -2.40. The summed E-state index contributed by atoms with van der Waals surface area (Å²) in [4.78, 5) is 14.1. The summed E-state index contributed by atoms with van der Waals surface area (Å²) in [5.74, 6) is 0.767. The number of nitrogens with one attached hydrogen (secondary N) is 1. The molecule has 132 valence electrons. The van der Waals surface area contributed by atoms with Crippen molar-refractivity contribution in [2.75, 3.05) is 18.0 Å². The van der Waals surface area contributed by atoms with Gasteiger partial charge in [0.25, 0.3) is 0 Å². The van der Waals surface area contributed by atoms with Crippen molar-refractivity contribution < 1.29 is 14.6 Å². The zero-order chi connectivity index (χ0) is 17.8. The number of amides is 2. The van der Waals surface area contributed by atoms with Gasteiger partial charge in [-0.2, -0.15) is 0 Å². The van der Waals surface area contributed by atoms with E-state index in [9.17, 15) is 9.90 Å². The number of rotatable bonds is 5. The summed E-state index contributed by atoms with van der Waals surface area (Å²) in [6, 6.07) is 15.0. The first kappa shape index (κ1) is 17.3. The number of urea groups is 1. The molecule has 1 unspecified atom stereocenters. The third-order valence-corrected chi connectivity index (χ3v) is 4.22. The van der Waals surface area contributed by atoms with Gasteiger partial charge in [-0.1, -0.05) is 30.3 Å². The number of para-hydroxylation sites is 1. The van der Waals surface area contributed by atoms with Crippen LogP contribution in [0, 0.1) is 0 Å². The van der Waals surface area contributed by atoms with Crippen LogP contribution >= 0.6 is 0 Å². The minimum absolute atomic E-state index is 0.110. The van der Waals surface area contributed by atoms with Gasteiger partial charge in [0.2, 0.25) is 0 Å². The molecule has 0 fully saturated rings. The third kappa shape index (κ3) is 4.12. The second kappa shape index (κ2) is 7.57. The molecule has 2 aromatic carbocycles. The number of hydrogen-bond donors (Lipinski definition) is 2. The standard InChI is InChI=1S/C20H24N2O3/c1-14(2)25-17-9-7-16(8-10-17)19(23)13-21-20(24)22-12-11-15-5-3-4-6-18(15)22/h3-10,14,19,23H,11-13H2,1-2H3,(H,21,24). The Morgan fingerprint density at radius 2 is 1.92 bits per heavy atom. The van der Waals surface area contributed by atoms with Crippen molar-refractivity contribution in [2.45, 2.75) is 32.5 Å². The number of fused-ring (bicyclic) bond motifs is 1. The van der Waals surface area contributed by atoms with E-state index in [1.807, 2.05) is 62.4 Å². The molecule has 2 amide bonds. The highest BCUT2D eigenvalue weighted by atomic mass is 16.5. The fourth-order valence-corrected chi connectivity index (χ4v) is 2.99. The second-order valence-electron chi connectivity index (χ2n) is 6.47. The number of ether oxygens (including phenoxy) is 1. The SMILES string of the molecule is CC(C)Oc1ccc(C(O)CNC(=O)N2CCc3ccccc32)cc1. The van der Waals surface area contributed by atoms with Crippen molar-refractivity contribution in [1.29, 1.82) is 0 Å². The van der Waals surface area contributed by atoms with Crippen LogP contribution in [-0.2, 0) is 6.42 Å². The highest BCUT2D eigenvalue weighted by molar-refractivity contribution is 5.94. The number of carbonyl (C=O) groups excluding carboxylic acids is 1. The van der Waals surface area contributed by atoms with Gasteiger partial charge < -0.3 is 15.2 Å². The van der Waals surface area contributed by atoms with Crippen molar-refractivity contribution in [2.24, 2.45) is 0 Å². The Morgan fingerprint density at radius 1 is 1.20 bits per heavy atom. The number of aliphatic hydroxyl groups is 1. The molecule has 1 heterocycles. The van der Waals surface area contributed by atoms with Gasteiger partial charge in [-0.3, -0.25) is 4.90 Å². The molecule has 0 bridgehead atoms. The Kier molecular flexibility index (Phi) is 5.24. The molecule has 0 aliphatic carbocycles. The summed E-state index contributed by atoms with van der Waals surface area (Å²) in [5, 5.41) is 13.1. The van der Waals surface area contributed by atoms with Crippen molar-refractivity contribution in [1.82, 2.24) is 5.32 Å². The van der Waals surface area contributed by atoms with Gasteiger partial charge in [-0.25, -0.2) is 4.79 Å².